The SMILES string of the molecule is C=COC(=O)N1CC2C(=O)CCC(C)(c3ccccc3)C2C1. The van der Waals surface area contributed by atoms with Crippen molar-refractivity contribution in [2.24, 2.45) is 11.8 Å². The Hall–Kier alpha value is -2.10. The van der Waals surface area contributed by atoms with Crippen LogP contribution in [0.25, 0.3) is 0 Å². The normalized spacial score (nSPS) is 30.8. The number of hydrogen-bond acceptors (Lipinski definition) is 3. The van der Waals surface area contributed by atoms with E-state index in [0.29, 0.717) is 19.5 Å². The van der Waals surface area contributed by atoms with E-state index in [4.69, 9.17) is 4.74 Å². The number of amides is 1. The topological polar surface area (TPSA) is 46.6 Å². The first kappa shape index (κ1) is 14.8. The summed E-state index contributed by atoms with van der Waals surface area (Å²) in [6, 6.07) is 10.3. The lowest BCUT2D eigenvalue weighted by Gasteiger charge is -2.42. The number of hydrogen-bond donors (Lipinski definition) is 0. The number of Topliss-reactive ketones (excluding diaryl/α,β-unsaturated/α-hetero) is 1. The Morgan fingerprint density at radius 2 is 2.09 bits per heavy atom. The van der Waals surface area contributed by atoms with Gasteiger partial charge >= 0.3 is 6.09 Å². The van der Waals surface area contributed by atoms with E-state index < -0.39 is 6.09 Å². The van der Waals surface area contributed by atoms with Gasteiger partial charge in [-0.15, -0.1) is 0 Å². The first-order valence-corrected chi connectivity index (χ1v) is 7.71. The van der Waals surface area contributed by atoms with E-state index in [-0.39, 0.29) is 23.0 Å². The number of carbonyl (C=O) groups excluding carboxylic acids is 2. The summed E-state index contributed by atoms with van der Waals surface area (Å²) >= 11 is 0. The summed E-state index contributed by atoms with van der Waals surface area (Å²) in [5.41, 5.74) is 1.17. The summed E-state index contributed by atoms with van der Waals surface area (Å²) < 4.78 is 4.88. The molecule has 1 saturated heterocycles. The monoisotopic (exact) mass is 299 g/mol. The molecule has 1 aliphatic carbocycles. The average molecular weight is 299 g/mol. The van der Waals surface area contributed by atoms with Crippen LogP contribution >= 0.6 is 0 Å². The molecule has 3 atom stereocenters. The minimum Gasteiger partial charge on any atom is -0.419 e. The second-order valence-electron chi connectivity index (χ2n) is 6.42. The highest BCUT2D eigenvalue weighted by Crippen LogP contribution is 2.48. The molecule has 0 aromatic heterocycles. The first-order chi connectivity index (χ1) is 10.6. The zero-order valence-electron chi connectivity index (χ0n) is 12.8. The van der Waals surface area contributed by atoms with Crippen LogP contribution in [-0.2, 0) is 14.9 Å². The molecule has 1 aromatic rings. The Morgan fingerprint density at radius 3 is 2.77 bits per heavy atom. The Kier molecular flexibility index (Phi) is 3.77. The van der Waals surface area contributed by atoms with Crippen LogP contribution in [0.15, 0.2) is 43.2 Å². The van der Waals surface area contributed by atoms with Crippen molar-refractivity contribution < 1.29 is 14.3 Å². The molecule has 3 rings (SSSR count). The Bertz CT molecular complexity index is 598. The number of rotatable bonds is 2. The van der Waals surface area contributed by atoms with Crippen LogP contribution in [0.5, 0.6) is 0 Å². The van der Waals surface area contributed by atoms with Gasteiger partial charge in [-0.25, -0.2) is 4.79 Å². The lowest BCUT2D eigenvalue weighted by Crippen LogP contribution is -2.44. The summed E-state index contributed by atoms with van der Waals surface area (Å²) in [5, 5.41) is 0. The predicted octanol–water partition coefficient (Wildman–Crippen LogP) is 3.14. The quantitative estimate of drug-likeness (QED) is 0.788. The Morgan fingerprint density at radius 1 is 1.36 bits per heavy atom. The van der Waals surface area contributed by atoms with Gasteiger partial charge in [0.1, 0.15) is 5.78 Å². The summed E-state index contributed by atoms with van der Waals surface area (Å²) in [6.07, 6.45) is 2.15. The molecule has 1 aromatic carbocycles. The van der Waals surface area contributed by atoms with Gasteiger partial charge in [-0.1, -0.05) is 43.8 Å². The number of nitrogens with zero attached hydrogens (tertiary/aromatic N) is 1. The van der Waals surface area contributed by atoms with Gasteiger partial charge in [0.25, 0.3) is 0 Å². The number of carbonyl (C=O) groups is 2. The van der Waals surface area contributed by atoms with Crippen molar-refractivity contribution in [2.75, 3.05) is 13.1 Å². The van der Waals surface area contributed by atoms with Crippen LogP contribution in [0.2, 0.25) is 0 Å². The number of ether oxygens (including phenoxy) is 1. The van der Waals surface area contributed by atoms with Gasteiger partial charge in [-0.05, 0) is 23.3 Å². The van der Waals surface area contributed by atoms with E-state index in [2.05, 4.69) is 25.6 Å². The molecule has 2 aliphatic rings. The molecule has 1 saturated carbocycles. The summed E-state index contributed by atoms with van der Waals surface area (Å²) in [5.74, 6) is 0.331. The van der Waals surface area contributed by atoms with Crippen LogP contribution in [0.4, 0.5) is 4.79 Å². The van der Waals surface area contributed by atoms with Gasteiger partial charge in [0.05, 0.1) is 6.26 Å². The summed E-state index contributed by atoms with van der Waals surface area (Å²) in [6.45, 7) is 6.66. The van der Waals surface area contributed by atoms with Gasteiger partial charge < -0.3 is 9.64 Å². The van der Waals surface area contributed by atoms with Crippen LogP contribution < -0.4 is 0 Å². The van der Waals surface area contributed by atoms with E-state index >= 15 is 0 Å². The predicted molar refractivity (Wildman–Crippen MR) is 83.3 cm³/mol. The third-order valence-electron chi connectivity index (χ3n) is 5.32. The van der Waals surface area contributed by atoms with Gasteiger partial charge in [0, 0.05) is 25.4 Å². The van der Waals surface area contributed by atoms with Crippen molar-refractivity contribution >= 4 is 11.9 Å². The number of likely N-dealkylation sites (tertiary alicyclic amines) is 1. The van der Waals surface area contributed by atoms with Crippen molar-refractivity contribution in [2.45, 2.75) is 25.2 Å². The standard InChI is InChI=1S/C18H21NO3/c1-3-22-17(21)19-11-14-15(12-19)18(2,10-9-16(14)20)13-7-5-4-6-8-13/h3-8,14-15H,1,9-12H2,2H3. The molecule has 3 unspecified atom stereocenters. The van der Waals surface area contributed by atoms with Crippen molar-refractivity contribution in [1.82, 2.24) is 4.90 Å². The van der Waals surface area contributed by atoms with Crippen molar-refractivity contribution in [1.29, 1.82) is 0 Å². The van der Waals surface area contributed by atoms with Crippen molar-refractivity contribution in [3.05, 3.63) is 48.7 Å². The van der Waals surface area contributed by atoms with E-state index in [0.717, 1.165) is 12.7 Å². The maximum absolute atomic E-state index is 12.3. The molecular formula is C18H21NO3. The van der Waals surface area contributed by atoms with Crippen molar-refractivity contribution in [3.63, 3.8) is 0 Å². The van der Waals surface area contributed by atoms with Crippen LogP contribution in [0.1, 0.15) is 25.3 Å². The van der Waals surface area contributed by atoms with Gasteiger partial charge in [-0.3, -0.25) is 4.79 Å². The van der Waals surface area contributed by atoms with Gasteiger partial charge in [0.2, 0.25) is 0 Å². The maximum atomic E-state index is 12.3. The van der Waals surface area contributed by atoms with E-state index in [1.165, 1.54) is 5.56 Å². The lowest BCUT2D eigenvalue weighted by molar-refractivity contribution is -0.127. The molecule has 0 radical (unpaired) electrons. The highest BCUT2D eigenvalue weighted by Gasteiger charge is 2.52. The smallest absolute Gasteiger partial charge is 0.414 e. The molecule has 0 spiro atoms. The Labute approximate surface area is 130 Å². The van der Waals surface area contributed by atoms with E-state index in [9.17, 15) is 9.59 Å². The lowest BCUT2D eigenvalue weighted by atomic mass is 9.60. The molecule has 1 amide bonds. The van der Waals surface area contributed by atoms with E-state index in [1.54, 1.807) is 4.90 Å². The minimum absolute atomic E-state index is 0.0803. The largest absolute Gasteiger partial charge is 0.419 e. The third kappa shape index (κ3) is 2.32. The molecule has 1 heterocycles. The van der Waals surface area contributed by atoms with Crippen LogP contribution in [0.3, 0.4) is 0 Å². The van der Waals surface area contributed by atoms with Gasteiger partial charge in [0.15, 0.2) is 0 Å². The minimum atomic E-state index is -0.410. The molecular weight excluding hydrogens is 278 g/mol. The molecule has 0 N–H and O–H groups in total. The highest BCUT2D eigenvalue weighted by molar-refractivity contribution is 5.84. The van der Waals surface area contributed by atoms with E-state index in [1.807, 2.05) is 18.2 Å². The fraction of sp³-hybridized carbons (Fsp3) is 0.444. The molecule has 22 heavy (non-hydrogen) atoms. The second kappa shape index (κ2) is 5.59. The molecule has 0 bridgehead atoms. The fourth-order valence-corrected chi connectivity index (χ4v) is 4.00. The van der Waals surface area contributed by atoms with Crippen molar-refractivity contribution in [3.8, 4) is 0 Å². The van der Waals surface area contributed by atoms with Crippen LogP contribution in [0, 0.1) is 11.8 Å². The molecule has 2 fully saturated rings. The fourth-order valence-electron chi connectivity index (χ4n) is 4.00. The highest BCUT2D eigenvalue weighted by atomic mass is 16.5. The summed E-state index contributed by atoms with van der Waals surface area (Å²) in [7, 11) is 0. The zero-order chi connectivity index (χ0) is 15.7. The first-order valence-electron chi connectivity index (χ1n) is 7.71. The Balaban J connectivity index is 1.90. The maximum Gasteiger partial charge on any atom is 0.414 e. The molecule has 4 nitrogen and oxygen atoms in total. The van der Waals surface area contributed by atoms with Gasteiger partial charge in [-0.2, -0.15) is 0 Å². The average Bonchev–Trinajstić information content (AvgIpc) is 2.99. The second-order valence-corrected chi connectivity index (χ2v) is 6.42. The third-order valence-corrected chi connectivity index (χ3v) is 5.32. The number of fused-ring (bicyclic) bond motifs is 1. The zero-order valence-corrected chi connectivity index (χ0v) is 12.8. The van der Waals surface area contributed by atoms with Crippen LogP contribution in [-0.4, -0.2) is 29.9 Å². The number of benzene rings is 1. The molecule has 1 aliphatic heterocycles. The summed E-state index contributed by atoms with van der Waals surface area (Å²) in [4.78, 5) is 25.9. The number of ketones is 1. The molecule has 4 heteroatoms. The molecule has 116 valence electrons.